The largest absolute Gasteiger partial charge is 0.432 e. The molecule has 0 fully saturated rings. The number of aryl methyl sites for hydroxylation is 2. The van der Waals surface area contributed by atoms with Crippen LogP contribution in [0.3, 0.4) is 0 Å². The molecule has 3 nitrogen and oxygen atoms in total. The van der Waals surface area contributed by atoms with E-state index in [1.807, 2.05) is 18.2 Å². The monoisotopic (exact) mass is 525 g/mol. The van der Waals surface area contributed by atoms with Crippen molar-refractivity contribution in [2.24, 2.45) is 0 Å². The molecule has 36 heavy (non-hydrogen) atoms. The molecular weight excluding hydrogens is 499 g/mol. The molecule has 186 valence electrons. The summed E-state index contributed by atoms with van der Waals surface area (Å²) in [5.74, 6) is 0. The summed E-state index contributed by atoms with van der Waals surface area (Å²) in [6, 6.07) is 15.4. The maximum absolute atomic E-state index is 13.3. The van der Waals surface area contributed by atoms with Gasteiger partial charge in [0.2, 0.25) is 0 Å². The Hall–Kier alpha value is -2.97. The third kappa shape index (κ3) is 5.11. The van der Waals surface area contributed by atoms with Crippen molar-refractivity contribution >= 4 is 32.8 Å². The first-order valence-corrected chi connectivity index (χ1v) is 13.7. The van der Waals surface area contributed by atoms with Gasteiger partial charge >= 0.3 is 6.18 Å². The second-order valence-electron chi connectivity index (χ2n) is 8.96. The lowest BCUT2D eigenvalue weighted by Gasteiger charge is -2.10. The Kier molecular flexibility index (Phi) is 6.99. The number of nitrogens with zero attached hydrogens (tertiary/aromatic N) is 2. The smallest absolute Gasteiger partial charge is 0.273 e. The minimum atomic E-state index is -4.49. The minimum Gasteiger partial charge on any atom is -0.273 e. The Balaban J connectivity index is 1.64. The molecule has 4 aromatic heterocycles. The third-order valence-electron chi connectivity index (χ3n) is 6.22. The number of benzene rings is 1. The summed E-state index contributed by atoms with van der Waals surface area (Å²) in [6.45, 7) is 4.27. The van der Waals surface area contributed by atoms with Crippen LogP contribution in [0.15, 0.2) is 53.9 Å². The first kappa shape index (κ1) is 24.7. The SMILES string of the molecule is CCCCCCc1ccsc1-c1cc(-c2cc(C(F)(F)F)[nH]n2)nc(-c2cccc3cc(C)sc23)c1. The molecule has 4 heterocycles. The van der Waals surface area contributed by atoms with Gasteiger partial charge in [-0.05, 0) is 72.0 Å². The van der Waals surface area contributed by atoms with E-state index in [1.54, 1.807) is 22.7 Å². The number of alkyl halides is 3. The summed E-state index contributed by atoms with van der Waals surface area (Å²) in [5, 5.41) is 9.32. The summed E-state index contributed by atoms with van der Waals surface area (Å²) in [5.41, 5.74) is 3.65. The number of H-pyrrole nitrogens is 1. The van der Waals surface area contributed by atoms with E-state index in [2.05, 4.69) is 53.7 Å². The zero-order valence-electron chi connectivity index (χ0n) is 20.1. The predicted octanol–water partition coefficient (Wildman–Crippen LogP) is 9.53. The molecule has 0 spiro atoms. The van der Waals surface area contributed by atoms with Gasteiger partial charge in [-0.3, -0.25) is 5.10 Å². The normalized spacial score (nSPS) is 12.0. The van der Waals surface area contributed by atoms with Crippen LogP contribution in [0.5, 0.6) is 0 Å². The number of unbranched alkanes of at least 4 members (excludes halogenated alkanes) is 3. The Morgan fingerprint density at radius 2 is 1.78 bits per heavy atom. The van der Waals surface area contributed by atoms with Gasteiger partial charge in [-0.1, -0.05) is 44.4 Å². The molecule has 0 aliphatic rings. The number of fused-ring (bicyclic) bond motifs is 1. The molecule has 1 N–H and O–H groups in total. The Bertz CT molecular complexity index is 1490. The number of pyridine rings is 1. The van der Waals surface area contributed by atoms with E-state index in [-0.39, 0.29) is 5.69 Å². The summed E-state index contributed by atoms with van der Waals surface area (Å²) in [6.07, 6.45) is 1.19. The maximum Gasteiger partial charge on any atom is 0.432 e. The third-order valence-corrected chi connectivity index (χ3v) is 8.33. The number of halogens is 3. The molecule has 8 heteroatoms. The molecule has 0 saturated heterocycles. The molecule has 0 aliphatic carbocycles. The van der Waals surface area contributed by atoms with Gasteiger partial charge in [0.05, 0.1) is 11.4 Å². The second-order valence-corrected chi connectivity index (χ2v) is 11.1. The lowest BCUT2D eigenvalue weighted by Crippen LogP contribution is -2.04. The molecule has 0 unspecified atom stereocenters. The maximum atomic E-state index is 13.3. The van der Waals surface area contributed by atoms with Crippen LogP contribution in [-0.4, -0.2) is 15.2 Å². The van der Waals surface area contributed by atoms with E-state index >= 15 is 0 Å². The van der Waals surface area contributed by atoms with Crippen molar-refractivity contribution in [1.82, 2.24) is 15.2 Å². The lowest BCUT2D eigenvalue weighted by atomic mass is 10.0. The van der Waals surface area contributed by atoms with Crippen LogP contribution < -0.4 is 0 Å². The van der Waals surface area contributed by atoms with Crippen molar-refractivity contribution in [2.75, 3.05) is 0 Å². The highest BCUT2D eigenvalue weighted by molar-refractivity contribution is 7.19. The van der Waals surface area contributed by atoms with Crippen LogP contribution in [0.4, 0.5) is 13.2 Å². The molecule has 0 saturated carbocycles. The van der Waals surface area contributed by atoms with E-state index in [1.165, 1.54) is 29.7 Å². The zero-order chi connectivity index (χ0) is 25.3. The summed E-state index contributed by atoms with van der Waals surface area (Å²) < 4.78 is 41.0. The van der Waals surface area contributed by atoms with Gasteiger partial charge in [-0.15, -0.1) is 22.7 Å². The van der Waals surface area contributed by atoms with Gasteiger partial charge in [0.1, 0.15) is 11.4 Å². The average molecular weight is 526 g/mol. The fourth-order valence-electron chi connectivity index (χ4n) is 4.45. The summed E-state index contributed by atoms with van der Waals surface area (Å²) in [4.78, 5) is 7.15. The van der Waals surface area contributed by atoms with Crippen molar-refractivity contribution < 1.29 is 13.2 Å². The average Bonchev–Trinajstić information content (AvgIpc) is 3.60. The molecule has 0 atom stereocenters. The van der Waals surface area contributed by atoms with E-state index < -0.39 is 11.9 Å². The summed E-state index contributed by atoms with van der Waals surface area (Å²) in [7, 11) is 0. The zero-order valence-corrected chi connectivity index (χ0v) is 21.7. The van der Waals surface area contributed by atoms with Crippen LogP contribution in [0.2, 0.25) is 0 Å². The molecule has 1 aromatic carbocycles. The minimum absolute atomic E-state index is 0.181. The molecule has 0 aliphatic heterocycles. The highest BCUT2D eigenvalue weighted by Gasteiger charge is 2.33. The van der Waals surface area contributed by atoms with Crippen molar-refractivity contribution in [3.63, 3.8) is 0 Å². The van der Waals surface area contributed by atoms with Crippen LogP contribution in [0.25, 0.3) is 43.2 Å². The predicted molar refractivity (Wildman–Crippen MR) is 144 cm³/mol. The summed E-state index contributed by atoms with van der Waals surface area (Å²) >= 11 is 3.36. The van der Waals surface area contributed by atoms with Gasteiger partial charge in [0.25, 0.3) is 0 Å². The quantitative estimate of drug-likeness (QED) is 0.205. The van der Waals surface area contributed by atoms with E-state index in [9.17, 15) is 13.2 Å². The van der Waals surface area contributed by atoms with Crippen molar-refractivity contribution in [2.45, 2.75) is 52.1 Å². The highest BCUT2D eigenvalue weighted by atomic mass is 32.1. The van der Waals surface area contributed by atoms with Crippen LogP contribution >= 0.6 is 22.7 Å². The molecule has 0 bridgehead atoms. The van der Waals surface area contributed by atoms with Crippen LogP contribution in [-0.2, 0) is 12.6 Å². The van der Waals surface area contributed by atoms with Crippen molar-refractivity contribution in [1.29, 1.82) is 0 Å². The van der Waals surface area contributed by atoms with E-state index in [0.717, 1.165) is 50.7 Å². The topological polar surface area (TPSA) is 41.6 Å². The highest BCUT2D eigenvalue weighted by Crippen LogP contribution is 2.39. The number of rotatable bonds is 8. The van der Waals surface area contributed by atoms with E-state index in [4.69, 9.17) is 4.98 Å². The Morgan fingerprint density at radius 3 is 2.56 bits per heavy atom. The molecule has 5 aromatic rings. The van der Waals surface area contributed by atoms with Gasteiger partial charge in [0.15, 0.2) is 0 Å². The van der Waals surface area contributed by atoms with E-state index in [0.29, 0.717) is 5.69 Å². The fourth-order valence-corrected chi connectivity index (χ4v) is 6.43. The Labute approximate surface area is 216 Å². The standard InChI is InChI=1S/C28H26F3N3S2/c1-3-4-5-6-8-18-11-12-35-26(18)20-14-22(21-10-7-9-19-13-17(2)36-27(19)21)32-23(15-20)24-16-25(34-33-24)28(29,30)31/h7,9-16H,3-6,8H2,1-2H3,(H,33,34). The van der Waals surface area contributed by atoms with Crippen molar-refractivity contribution in [3.05, 3.63) is 70.0 Å². The fraction of sp³-hybridized carbons (Fsp3) is 0.286. The lowest BCUT2D eigenvalue weighted by molar-refractivity contribution is -0.141. The van der Waals surface area contributed by atoms with Crippen molar-refractivity contribution in [3.8, 4) is 33.1 Å². The molecule has 0 amide bonds. The number of nitrogens with one attached hydrogen (secondary N) is 1. The van der Waals surface area contributed by atoms with Crippen LogP contribution in [0, 0.1) is 6.92 Å². The second kappa shape index (κ2) is 10.2. The molecule has 0 radical (unpaired) electrons. The van der Waals surface area contributed by atoms with Crippen LogP contribution in [0.1, 0.15) is 48.7 Å². The molecular formula is C28H26F3N3S2. The number of aromatic nitrogens is 3. The first-order valence-electron chi connectivity index (χ1n) is 12.0. The molecule has 5 rings (SSSR count). The first-order chi connectivity index (χ1) is 17.3. The Morgan fingerprint density at radius 1 is 0.944 bits per heavy atom. The number of aromatic amines is 1. The number of thiophene rings is 2. The number of hydrogen-bond donors (Lipinski definition) is 1. The van der Waals surface area contributed by atoms with Gasteiger partial charge < -0.3 is 0 Å². The van der Waals surface area contributed by atoms with Gasteiger partial charge in [0, 0.05) is 20.0 Å². The van der Waals surface area contributed by atoms with Gasteiger partial charge in [-0.2, -0.15) is 18.3 Å². The number of hydrogen-bond acceptors (Lipinski definition) is 4. The van der Waals surface area contributed by atoms with Gasteiger partial charge in [-0.25, -0.2) is 4.98 Å².